The molecule has 2 rings (SSSR count). The van der Waals surface area contributed by atoms with E-state index >= 15 is 0 Å². The summed E-state index contributed by atoms with van der Waals surface area (Å²) < 4.78 is 0. The number of nitrogens with one attached hydrogen (secondary N) is 1. The maximum atomic E-state index is 11.1. The number of anilines is 1. The molecule has 0 saturated heterocycles. The van der Waals surface area contributed by atoms with Crippen molar-refractivity contribution in [2.45, 2.75) is 25.8 Å². The molecule has 0 spiro atoms. The van der Waals surface area contributed by atoms with Crippen molar-refractivity contribution in [3.05, 3.63) is 40.6 Å². The Labute approximate surface area is 121 Å². The molecule has 110 valence electrons. The summed E-state index contributed by atoms with van der Waals surface area (Å²) in [5.74, 6) is -0.424. The van der Waals surface area contributed by atoms with Crippen molar-refractivity contribution >= 4 is 28.2 Å². The Hall–Kier alpha value is -2.70. The Balaban J connectivity index is 2.49. The molecule has 1 aromatic carbocycles. The number of pyridine rings is 1. The number of nitrogens with zero attached hydrogens (tertiary/aromatic N) is 2. The van der Waals surface area contributed by atoms with Gasteiger partial charge in [-0.05, 0) is 32.0 Å². The molecule has 0 saturated carbocycles. The van der Waals surface area contributed by atoms with Gasteiger partial charge in [0.05, 0.1) is 16.0 Å². The lowest BCUT2D eigenvalue weighted by molar-refractivity contribution is -0.383. The third-order valence-corrected chi connectivity index (χ3v) is 3.03. The highest BCUT2D eigenvalue weighted by atomic mass is 16.6. The molecule has 0 fully saturated rings. The molecule has 0 bridgehead atoms. The minimum absolute atomic E-state index is 0.00337. The van der Waals surface area contributed by atoms with Crippen LogP contribution >= 0.6 is 0 Å². The van der Waals surface area contributed by atoms with Crippen LogP contribution in [0.5, 0.6) is 0 Å². The highest BCUT2D eigenvalue weighted by Gasteiger charge is 2.23. The number of hydrogen-bond acceptors (Lipinski definition) is 5. The van der Waals surface area contributed by atoms with Gasteiger partial charge < -0.3 is 11.1 Å². The average Bonchev–Trinajstić information content (AvgIpc) is 2.36. The van der Waals surface area contributed by atoms with Crippen LogP contribution in [0.3, 0.4) is 0 Å². The largest absolute Gasteiger partial charge is 0.378 e. The molecule has 1 heterocycles. The van der Waals surface area contributed by atoms with Crippen LogP contribution < -0.4 is 11.1 Å². The first-order valence-electron chi connectivity index (χ1n) is 6.39. The van der Waals surface area contributed by atoms with Crippen molar-refractivity contribution < 1.29 is 9.72 Å². The summed E-state index contributed by atoms with van der Waals surface area (Å²) in [6.07, 6.45) is 1.70. The second kappa shape index (κ2) is 5.35. The number of nitro benzene ring substituents is 1. The van der Waals surface area contributed by atoms with Gasteiger partial charge in [-0.3, -0.25) is 19.9 Å². The van der Waals surface area contributed by atoms with E-state index in [2.05, 4.69) is 10.3 Å². The second-order valence-corrected chi connectivity index (χ2v) is 5.44. The normalized spacial score (nSPS) is 11.3. The molecule has 7 nitrogen and oxygen atoms in total. The zero-order valence-corrected chi connectivity index (χ0v) is 11.8. The molecule has 0 aliphatic carbocycles. The van der Waals surface area contributed by atoms with E-state index in [-0.39, 0.29) is 12.1 Å². The summed E-state index contributed by atoms with van der Waals surface area (Å²) in [7, 11) is 0. The van der Waals surface area contributed by atoms with Crippen molar-refractivity contribution in [2.75, 3.05) is 5.32 Å². The molecular formula is C14H16N4O3. The van der Waals surface area contributed by atoms with E-state index < -0.39 is 16.4 Å². The number of fused-ring (bicyclic) bond motifs is 1. The summed E-state index contributed by atoms with van der Waals surface area (Å²) in [4.78, 5) is 25.9. The van der Waals surface area contributed by atoms with Crippen LogP contribution in [0.15, 0.2) is 30.5 Å². The minimum atomic E-state index is -0.577. The maximum absolute atomic E-state index is 11.1. The fourth-order valence-corrected chi connectivity index (χ4v) is 2.26. The van der Waals surface area contributed by atoms with Crippen LogP contribution in [0.2, 0.25) is 0 Å². The van der Waals surface area contributed by atoms with Crippen molar-refractivity contribution in [1.29, 1.82) is 0 Å². The first-order valence-corrected chi connectivity index (χ1v) is 6.39. The van der Waals surface area contributed by atoms with Crippen LogP contribution in [0, 0.1) is 10.1 Å². The van der Waals surface area contributed by atoms with Gasteiger partial charge >= 0.3 is 0 Å². The van der Waals surface area contributed by atoms with Crippen molar-refractivity contribution in [3.8, 4) is 0 Å². The number of carbonyl (C=O) groups excluding carboxylic acids is 1. The number of benzene rings is 1. The van der Waals surface area contributed by atoms with Crippen LogP contribution in [-0.2, 0) is 4.79 Å². The molecule has 0 unspecified atom stereocenters. The number of nitrogens with two attached hydrogens (primary N) is 1. The lowest BCUT2D eigenvalue weighted by Gasteiger charge is -2.26. The molecule has 7 heteroatoms. The van der Waals surface area contributed by atoms with Gasteiger partial charge in [0, 0.05) is 24.2 Å². The lowest BCUT2D eigenvalue weighted by Crippen LogP contribution is -2.36. The van der Waals surface area contributed by atoms with Crippen molar-refractivity contribution in [1.82, 2.24) is 4.98 Å². The van der Waals surface area contributed by atoms with Gasteiger partial charge in [-0.1, -0.05) is 0 Å². The maximum Gasteiger partial charge on any atom is 0.278 e. The zero-order chi connectivity index (χ0) is 15.6. The first kappa shape index (κ1) is 14.7. The molecule has 0 atom stereocenters. The molecule has 1 amide bonds. The van der Waals surface area contributed by atoms with Gasteiger partial charge in [-0.25, -0.2) is 0 Å². The van der Waals surface area contributed by atoms with E-state index in [9.17, 15) is 14.9 Å². The molecule has 0 aliphatic rings. The Morgan fingerprint density at radius 2 is 2.14 bits per heavy atom. The highest BCUT2D eigenvalue weighted by Crippen LogP contribution is 2.31. The number of aromatic nitrogens is 1. The Kier molecular flexibility index (Phi) is 3.75. The Morgan fingerprint density at radius 3 is 2.76 bits per heavy atom. The minimum Gasteiger partial charge on any atom is -0.378 e. The molecule has 1 aromatic heterocycles. The summed E-state index contributed by atoms with van der Waals surface area (Å²) in [6.45, 7) is 3.65. The molecule has 3 N–H and O–H groups in total. The van der Waals surface area contributed by atoms with Crippen molar-refractivity contribution in [3.63, 3.8) is 0 Å². The molecule has 0 aliphatic heterocycles. The number of hydrogen-bond donors (Lipinski definition) is 2. The SMILES string of the molecule is CC(C)(CC(N)=O)Nc1ccc([N+](=O)[O-])c2cccnc12. The number of nitro groups is 1. The van der Waals surface area contributed by atoms with Crippen LogP contribution in [-0.4, -0.2) is 21.4 Å². The third kappa shape index (κ3) is 3.25. The van der Waals surface area contributed by atoms with Crippen LogP contribution in [0.1, 0.15) is 20.3 Å². The third-order valence-electron chi connectivity index (χ3n) is 3.03. The number of amides is 1. The quantitative estimate of drug-likeness (QED) is 0.647. The standard InChI is InChI=1S/C14H16N4O3/c1-14(2,8-12(15)19)17-10-5-6-11(18(20)21)9-4-3-7-16-13(9)10/h3-7,17H,8H2,1-2H3,(H2,15,19). The van der Waals surface area contributed by atoms with Gasteiger partial charge in [-0.15, -0.1) is 0 Å². The first-order chi connectivity index (χ1) is 9.80. The molecular weight excluding hydrogens is 272 g/mol. The van der Waals surface area contributed by atoms with E-state index in [1.807, 2.05) is 13.8 Å². The predicted molar refractivity (Wildman–Crippen MR) is 79.9 cm³/mol. The Bertz CT molecular complexity index is 712. The van der Waals surface area contributed by atoms with Gasteiger partial charge in [0.25, 0.3) is 5.69 Å². The number of non-ortho nitro benzene ring substituents is 1. The smallest absolute Gasteiger partial charge is 0.278 e. The Morgan fingerprint density at radius 1 is 1.43 bits per heavy atom. The van der Waals surface area contributed by atoms with Crippen LogP contribution in [0.4, 0.5) is 11.4 Å². The molecule has 0 radical (unpaired) electrons. The van der Waals surface area contributed by atoms with E-state index in [1.165, 1.54) is 6.07 Å². The lowest BCUT2D eigenvalue weighted by atomic mass is 9.99. The summed E-state index contributed by atoms with van der Waals surface area (Å²) in [5, 5.41) is 14.7. The fraction of sp³-hybridized carbons (Fsp3) is 0.286. The topological polar surface area (TPSA) is 111 Å². The van der Waals surface area contributed by atoms with Gasteiger partial charge in [-0.2, -0.15) is 0 Å². The van der Waals surface area contributed by atoms with Gasteiger partial charge in [0.2, 0.25) is 5.91 Å². The number of primary amides is 1. The molecule has 2 aromatic rings. The number of carbonyl (C=O) groups is 1. The van der Waals surface area contributed by atoms with E-state index in [0.717, 1.165) is 0 Å². The molecule has 21 heavy (non-hydrogen) atoms. The highest BCUT2D eigenvalue weighted by molar-refractivity contribution is 5.97. The van der Waals surface area contributed by atoms with E-state index in [4.69, 9.17) is 5.73 Å². The van der Waals surface area contributed by atoms with E-state index in [0.29, 0.717) is 16.6 Å². The van der Waals surface area contributed by atoms with Gasteiger partial charge in [0.1, 0.15) is 5.52 Å². The van der Waals surface area contributed by atoms with Gasteiger partial charge in [0.15, 0.2) is 0 Å². The zero-order valence-electron chi connectivity index (χ0n) is 11.8. The fourth-order valence-electron chi connectivity index (χ4n) is 2.26. The monoisotopic (exact) mass is 288 g/mol. The average molecular weight is 288 g/mol. The summed E-state index contributed by atoms with van der Waals surface area (Å²) in [6, 6.07) is 6.31. The van der Waals surface area contributed by atoms with Crippen LogP contribution in [0.25, 0.3) is 10.9 Å². The summed E-state index contributed by atoms with van der Waals surface area (Å²) >= 11 is 0. The summed E-state index contributed by atoms with van der Waals surface area (Å²) in [5.41, 5.74) is 5.76. The van der Waals surface area contributed by atoms with Crippen molar-refractivity contribution in [2.24, 2.45) is 5.73 Å². The van der Waals surface area contributed by atoms with E-state index in [1.54, 1.807) is 24.4 Å². The number of rotatable bonds is 5. The predicted octanol–water partition coefficient (Wildman–Crippen LogP) is 2.21. The second-order valence-electron chi connectivity index (χ2n) is 5.44.